The van der Waals surface area contributed by atoms with Crippen LogP contribution in [0.5, 0.6) is 0 Å². The minimum atomic E-state index is -1.99. The Morgan fingerprint density at radius 2 is 2.00 bits per heavy atom. The van der Waals surface area contributed by atoms with Gasteiger partial charge in [-0.3, -0.25) is 10.9 Å². The standard InChI is InChI=1S/C14H24NO2Si.2ClH.Ti/c1-14(2,3)11-8-7-9-12(11)18(5,6)15-13(16)10-17-4;;;/h8H,7,10H2,1-6H3,(H,15,16);2*1H;/q-1;;;+2/p-2. The summed E-state index contributed by atoms with van der Waals surface area (Å²) in [4.78, 5) is 14.8. The summed E-state index contributed by atoms with van der Waals surface area (Å²) in [5, 5.41) is 1.24. The Kier molecular flexibility index (Phi) is 9.73. The molecule has 3 nitrogen and oxygen atoms in total. The van der Waals surface area contributed by atoms with Gasteiger partial charge in [0.25, 0.3) is 0 Å². The van der Waals surface area contributed by atoms with E-state index < -0.39 is 25.3 Å². The van der Waals surface area contributed by atoms with Gasteiger partial charge in [0.15, 0.2) is 0 Å². The van der Waals surface area contributed by atoms with E-state index in [0.29, 0.717) is 0 Å². The molecule has 7 heteroatoms. The van der Waals surface area contributed by atoms with E-state index >= 15 is 0 Å². The van der Waals surface area contributed by atoms with Gasteiger partial charge < -0.3 is 9.72 Å². The third-order valence-corrected chi connectivity index (χ3v) is 5.61. The van der Waals surface area contributed by atoms with E-state index in [4.69, 9.17) is 23.3 Å². The van der Waals surface area contributed by atoms with E-state index in [9.17, 15) is 4.79 Å². The van der Waals surface area contributed by atoms with Gasteiger partial charge in [-0.1, -0.05) is 26.2 Å². The summed E-state index contributed by atoms with van der Waals surface area (Å²) in [5.41, 5.74) is 1.44. The number of hydrogen-bond donors (Lipinski definition) is 1. The van der Waals surface area contributed by atoms with E-state index in [1.807, 2.05) is 0 Å². The minimum absolute atomic E-state index is 0.0383. The predicted octanol–water partition coefficient (Wildman–Crippen LogP) is 3.98. The Balaban J connectivity index is 0.00000122. The van der Waals surface area contributed by atoms with Crippen LogP contribution in [0.25, 0.3) is 0 Å². The molecule has 0 aromatic heterocycles. The molecule has 120 valence electrons. The van der Waals surface area contributed by atoms with Crippen LogP contribution >= 0.6 is 18.6 Å². The fraction of sp³-hybridized carbons (Fsp3) is 0.643. The van der Waals surface area contributed by atoms with E-state index in [1.165, 1.54) is 17.9 Å². The summed E-state index contributed by atoms with van der Waals surface area (Å²) in [6.07, 6.45) is 6.52. The van der Waals surface area contributed by atoms with Crippen LogP contribution in [-0.2, 0) is 26.6 Å². The van der Waals surface area contributed by atoms with Gasteiger partial charge >= 0.3 is 35.6 Å². The Hall–Kier alpha value is 0.421. The summed E-state index contributed by atoms with van der Waals surface area (Å²) in [6, 6.07) is 0. The number of ether oxygens (including phenoxy) is 1. The molecule has 1 amide bonds. The second-order valence-corrected chi connectivity index (χ2v) is 12.9. The quantitative estimate of drug-likeness (QED) is 0.588. The van der Waals surface area contributed by atoms with Gasteiger partial charge in [0.1, 0.15) is 14.8 Å². The van der Waals surface area contributed by atoms with Crippen LogP contribution in [-0.4, -0.2) is 27.9 Å². The molecular formula is C14H24Cl2NO2SiTi-. The summed E-state index contributed by atoms with van der Waals surface area (Å²) in [7, 11) is 9.33. The molecule has 0 saturated heterocycles. The van der Waals surface area contributed by atoms with Crippen LogP contribution in [0.1, 0.15) is 27.2 Å². The van der Waals surface area contributed by atoms with Crippen molar-refractivity contribution in [1.82, 2.24) is 4.98 Å². The number of methoxy groups -OCH3 is 1. The molecule has 0 unspecified atom stereocenters. The van der Waals surface area contributed by atoms with Crippen molar-refractivity contribution in [2.75, 3.05) is 13.7 Å². The van der Waals surface area contributed by atoms with Gasteiger partial charge in [0.05, 0.1) is 0 Å². The maximum atomic E-state index is 11.7. The van der Waals surface area contributed by atoms with Gasteiger partial charge in [-0.15, -0.1) is 6.42 Å². The zero-order chi connectivity index (χ0) is 16.7. The molecule has 0 spiro atoms. The molecule has 0 aromatic rings. The SMILES string of the molecule is COCC(=O)N[Si](C)(C)C1=[C-]CC=C1C(C)(C)C.[Cl][Ti][Cl]. The van der Waals surface area contributed by atoms with Crippen molar-refractivity contribution in [3.05, 3.63) is 22.9 Å². The normalized spacial score (nSPS) is 14.7. The van der Waals surface area contributed by atoms with E-state index in [2.05, 4.69) is 51.0 Å². The molecule has 0 bridgehead atoms. The third kappa shape index (κ3) is 7.49. The molecule has 1 rings (SSSR count). The molecule has 0 saturated carbocycles. The molecule has 0 atom stereocenters. The topological polar surface area (TPSA) is 38.3 Å². The second-order valence-electron chi connectivity index (χ2n) is 6.30. The van der Waals surface area contributed by atoms with Crippen LogP contribution in [0.4, 0.5) is 0 Å². The van der Waals surface area contributed by atoms with Crippen LogP contribution in [0, 0.1) is 11.5 Å². The Morgan fingerprint density at radius 1 is 1.48 bits per heavy atom. The zero-order valence-corrected chi connectivity index (χ0v) is 17.6. The van der Waals surface area contributed by atoms with E-state index in [1.54, 1.807) is 0 Å². The number of allylic oxidation sites excluding steroid dienone is 4. The molecule has 1 N–H and O–H groups in total. The third-order valence-electron chi connectivity index (χ3n) is 3.01. The Morgan fingerprint density at radius 3 is 2.43 bits per heavy atom. The second kappa shape index (κ2) is 9.54. The summed E-state index contributed by atoms with van der Waals surface area (Å²) >= 11 is -0.556. The van der Waals surface area contributed by atoms with Crippen molar-refractivity contribution in [2.45, 2.75) is 40.3 Å². The van der Waals surface area contributed by atoms with Crippen molar-refractivity contribution in [1.29, 1.82) is 0 Å². The van der Waals surface area contributed by atoms with Crippen molar-refractivity contribution >= 4 is 32.8 Å². The van der Waals surface area contributed by atoms with Crippen molar-refractivity contribution in [2.24, 2.45) is 5.41 Å². The fourth-order valence-corrected chi connectivity index (χ4v) is 4.86. The molecular weight excluding hydrogens is 361 g/mol. The predicted molar refractivity (Wildman–Crippen MR) is 88.1 cm³/mol. The summed E-state index contributed by atoms with van der Waals surface area (Å²) in [5.74, 6) is -0.0383. The Bertz CT molecular complexity index is 418. The average Bonchev–Trinajstić information content (AvgIpc) is 2.78. The number of nitrogens with one attached hydrogen (secondary N) is 1. The van der Waals surface area contributed by atoms with Crippen molar-refractivity contribution in [3.8, 4) is 0 Å². The zero-order valence-electron chi connectivity index (χ0n) is 13.6. The van der Waals surface area contributed by atoms with Gasteiger partial charge in [0, 0.05) is 7.11 Å². The number of rotatable bonds is 4. The number of halogens is 2. The molecule has 0 aliphatic heterocycles. The monoisotopic (exact) mass is 384 g/mol. The molecule has 1 aliphatic rings. The van der Waals surface area contributed by atoms with Crippen LogP contribution in [0.2, 0.25) is 13.1 Å². The Labute approximate surface area is 146 Å². The van der Waals surface area contributed by atoms with Crippen molar-refractivity contribution in [3.63, 3.8) is 0 Å². The van der Waals surface area contributed by atoms with E-state index in [-0.39, 0.29) is 17.9 Å². The average molecular weight is 385 g/mol. The molecule has 0 aromatic carbocycles. The number of amides is 1. The number of carbonyl (C=O) groups excluding carboxylic acids is 1. The maximum absolute atomic E-state index is 11.7. The summed E-state index contributed by atoms with van der Waals surface area (Å²) < 4.78 is 4.87. The first-order valence-corrected chi connectivity index (χ1v) is 14.0. The molecule has 1 aliphatic carbocycles. The molecule has 0 radical (unpaired) electrons. The van der Waals surface area contributed by atoms with Crippen LogP contribution in [0.15, 0.2) is 16.8 Å². The van der Waals surface area contributed by atoms with Gasteiger partial charge in [-0.25, -0.2) is 5.20 Å². The van der Waals surface area contributed by atoms with E-state index in [0.717, 1.165) is 6.42 Å². The molecule has 0 heterocycles. The van der Waals surface area contributed by atoms with Crippen LogP contribution < -0.4 is 4.98 Å². The van der Waals surface area contributed by atoms with Crippen LogP contribution in [0.3, 0.4) is 0 Å². The number of hydrogen-bond acceptors (Lipinski definition) is 2. The molecule has 21 heavy (non-hydrogen) atoms. The van der Waals surface area contributed by atoms with Crippen molar-refractivity contribution < 1.29 is 26.6 Å². The fourth-order valence-electron chi connectivity index (χ4n) is 2.27. The molecule has 0 fully saturated rings. The summed E-state index contributed by atoms with van der Waals surface area (Å²) in [6.45, 7) is 11.0. The first-order chi connectivity index (χ1) is 9.60. The first kappa shape index (κ1) is 21.4. The number of carbonyl (C=O) groups is 1. The first-order valence-electron chi connectivity index (χ1n) is 6.68. The van der Waals surface area contributed by atoms with Gasteiger partial charge in [-0.05, 0) is 13.1 Å². The van der Waals surface area contributed by atoms with Gasteiger partial charge in [0.2, 0.25) is 5.91 Å². The van der Waals surface area contributed by atoms with Gasteiger partial charge in [-0.2, -0.15) is 11.6 Å².